The third-order valence-electron chi connectivity index (χ3n) is 2.68. The Balaban J connectivity index is 2.35. The number of nitrogens with zero attached hydrogens (tertiary/aromatic N) is 1. The molecule has 1 aliphatic rings. The topological polar surface area (TPSA) is 71.7 Å². The summed E-state index contributed by atoms with van der Waals surface area (Å²) in [5, 5.41) is 18.9. The second-order valence-corrected chi connectivity index (χ2v) is 5.01. The molecule has 0 saturated carbocycles. The Morgan fingerprint density at radius 1 is 1.62 bits per heavy atom. The summed E-state index contributed by atoms with van der Waals surface area (Å²) in [4.78, 5) is 11.6. The third-order valence-corrected chi connectivity index (χ3v) is 3.51. The molecular weight excluding hydrogens is 325 g/mol. The van der Waals surface area contributed by atoms with Crippen LogP contribution in [0.1, 0.15) is 19.6 Å². The van der Waals surface area contributed by atoms with Crippen LogP contribution in [0.2, 0.25) is 0 Å². The van der Waals surface area contributed by atoms with Crippen LogP contribution in [-0.2, 0) is 4.74 Å². The van der Waals surface area contributed by atoms with Crippen LogP contribution in [0, 0.1) is 3.57 Å². The normalized spacial score (nSPS) is 29.6. The monoisotopic (exact) mass is 337 g/mol. The van der Waals surface area contributed by atoms with E-state index in [0.717, 1.165) is 6.07 Å². The average Bonchev–Trinajstić information content (AvgIpc) is 2.53. The fraction of sp³-hybridized carbons (Fsp3) is 0.500. The molecule has 1 aliphatic heterocycles. The minimum atomic E-state index is -0.552. The lowest BCUT2D eigenvalue weighted by Crippen LogP contribution is -2.24. The first kappa shape index (κ1) is 11.9. The highest BCUT2D eigenvalue weighted by atomic mass is 127. The van der Waals surface area contributed by atoms with Gasteiger partial charge in [-0.1, -0.05) is 0 Å². The van der Waals surface area contributed by atoms with Crippen LogP contribution >= 0.6 is 22.6 Å². The van der Waals surface area contributed by atoms with Gasteiger partial charge >= 0.3 is 0 Å². The van der Waals surface area contributed by atoms with Gasteiger partial charge in [0.15, 0.2) is 0 Å². The molecule has 1 saturated heterocycles. The fourth-order valence-corrected chi connectivity index (χ4v) is 2.16. The number of aromatic hydroxyl groups is 1. The van der Waals surface area contributed by atoms with Crippen LogP contribution in [0.5, 0.6) is 5.75 Å². The van der Waals surface area contributed by atoms with E-state index in [-0.39, 0.29) is 17.4 Å². The van der Waals surface area contributed by atoms with Gasteiger partial charge in [-0.15, -0.1) is 0 Å². The van der Waals surface area contributed by atoms with Gasteiger partial charge in [-0.3, -0.25) is 9.36 Å². The molecule has 0 aliphatic carbocycles. The van der Waals surface area contributed by atoms with Crippen LogP contribution in [0.4, 0.5) is 0 Å². The molecule has 6 heteroatoms. The van der Waals surface area contributed by atoms with Crippen molar-refractivity contribution in [1.82, 2.24) is 4.57 Å². The van der Waals surface area contributed by atoms with Gasteiger partial charge in [0, 0.05) is 18.7 Å². The van der Waals surface area contributed by atoms with E-state index in [0.29, 0.717) is 9.99 Å². The zero-order valence-corrected chi connectivity index (χ0v) is 10.8. The molecule has 0 radical (unpaired) electrons. The number of aliphatic hydroxyl groups is 1. The average molecular weight is 337 g/mol. The van der Waals surface area contributed by atoms with Crippen LogP contribution in [0.25, 0.3) is 0 Å². The molecular formula is C10H12INO4. The zero-order chi connectivity index (χ0) is 11.9. The smallest absolute Gasteiger partial charge is 0.256 e. The van der Waals surface area contributed by atoms with E-state index in [4.69, 9.17) is 4.74 Å². The molecule has 2 N–H and O–H groups in total. The Morgan fingerprint density at radius 3 is 2.88 bits per heavy atom. The molecule has 0 unspecified atom stereocenters. The lowest BCUT2D eigenvalue weighted by atomic mass is 10.2. The first-order valence-electron chi connectivity index (χ1n) is 4.93. The lowest BCUT2D eigenvalue weighted by molar-refractivity contribution is -0.00960. The molecule has 1 aromatic heterocycles. The standard InChI is InChI=1S/C10H12INO4/c1-5-7(13)3-10(16-5)12-4-6(11)8(14)2-9(12)15/h2,4-5,7,10,13-14H,3H2,1H3/t5-,7-,10-/m1/s1. The Labute approximate surface area is 106 Å². The molecule has 5 nitrogen and oxygen atoms in total. The van der Waals surface area contributed by atoms with Crippen molar-refractivity contribution < 1.29 is 14.9 Å². The van der Waals surface area contributed by atoms with Crippen molar-refractivity contribution in [2.45, 2.75) is 31.8 Å². The van der Waals surface area contributed by atoms with Crippen molar-refractivity contribution in [1.29, 1.82) is 0 Å². The summed E-state index contributed by atoms with van der Waals surface area (Å²) in [7, 11) is 0. The summed E-state index contributed by atoms with van der Waals surface area (Å²) in [5.41, 5.74) is -0.329. The van der Waals surface area contributed by atoms with Gasteiger partial charge in [-0.25, -0.2) is 0 Å². The number of hydrogen-bond acceptors (Lipinski definition) is 4. The van der Waals surface area contributed by atoms with Gasteiger partial charge in [-0.05, 0) is 29.5 Å². The molecule has 0 aromatic carbocycles. The number of aromatic nitrogens is 1. The van der Waals surface area contributed by atoms with Gasteiger partial charge in [0.1, 0.15) is 12.0 Å². The molecule has 2 heterocycles. The molecule has 0 spiro atoms. The summed E-state index contributed by atoms with van der Waals surface area (Å²) in [6.07, 6.45) is 0.647. The first-order valence-corrected chi connectivity index (χ1v) is 6.01. The summed E-state index contributed by atoms with van der Waals surface area (Å²) in [6.45, 7) is 1.76. The quantitative estimate of drug-likeness (QED) is 0.745. The summed E-state index contributed by atoms with van der Waals surface area (Å²) >= 11 is 1.94. The minimum Gasteiger partial charge on any atom is -0.507 e. The van der Waals surface area contributed by atoms with E-state index in [1.165, 1.54) is 10.8 Å². The second-order valence-electron chi connectivity index (χ2n) is 3.85. The van der Waals surface area contributed by atoms with Crippen LogP contribution in [0.3, 0.4) is 0 Å². The molecule has 88 valence electrons. The number of ether oxygens (including phenoxy) is 1. The molecule has 16 heavy (non-hydrogen) atoms. The summed E-state index contributed by atoms with van der Waals surface area (Å²) in [5.74, 6) is -0.0338. The lowest BCUT2D eigenvalue weighted by Gasteiger charge is -2.14. The Hall–Kier alpha value is -0.600. The second kappa shape index (κ2) is 4.34. The summed E-state index contributed by atoms with van der Waals surface area (Å²) in [6, 6.07) is 1.15. The Morgan fingerprint density at radius 2 is 2.31 bits per heavy atom. The van der Waals surface area contributed by atoms with E-state index < -0.39 is 12.3 Å². The maximum Gasteiger partial charge on any atom is 0.256 e. The molecule has 1 fully saturated rings. The highest BCUT2D eigenvalue weighted by Crippen LogP contribution is 2.28. The molecule has 0 bridgehead atoms. The van der Waals surface area contributed by atoms with Gasteiger partial charge in [0.2, 0.25) is 0 Å². The van der Waals surface area contributed by atoms with Crippen molar-refractivity contribution in [2.24, 2.45) is 0 Å². The Bertz CT molecular complexity index is 449. The van der Waals surface area contributed by atoms with Crippen molar-refractivity contribution in [3.63, 3.8) is 0 Å². The number of pyridine rings is 1. The zero-order valence-electron chi connectivity index (χ0n) is 8.63. The van der Waals surface area contributed by atoms with Crippen LogP contribution in [0.15, 0.2) is 17.1 Å². The van der Waals surface area contributed by atoms with Crippen molar-refractivity contribution >= 4 is 22.6 Å². The molecule has 0 amide bonds. The van der Waals surface area contributed by atoms with Crippen molar-refractivity contribution in [2.75, 3.05) is 0 Å². The summed E-state index contributed by atoms with van der Waals surface area (Å²) < 4.78 is 7.44. The number of rotatable bonds is 1. The van der Waals surface area contributed by atoms with E-state index in [9.17, 15) is 15.0 Å². The highest BCUT2D eigenvalue weighted by Gasteiger charge is 2.32. The Kier molecular flexibility index (Phi) is 3.22. The maximum atomic E-state index is 11.6. The van der Waals surface area contributed by atoms with E-state index in [1.54, 1.807) is 6.92 Å². The predicted octanol–water partition coefficient (Wildman–Crippen LogP) is 0.827. The minimum absolute atomic E-state index is 0.0338. The molecule has 2 rings (SSSR count). The SMILES string of the molecule is C[C@H]1O[C@@H](n2cc(I)c(O)cc2=O)C[C@H]1O. The van der Waals surface area contributed by atoms with Gasteiger partial charge in [0.05, 0.1) is 15.8 Å². The molecule has 3 atom stereocenters. The van der Waals surface area contributed by atoms with Gasteiger partial charge in [0.25, 0.3) is 5.56 Å². The predicted molar refractivity (Wildman–Crippen MR) is 65.3 cm³/mol. The van der Waals surface area contributed by atoms with Crippen LogP contribution in [-0.4, -0.2) is 27.0 Å². The third kappa shape index (κ3) is 2.09. The van der Waals surface area contributed by atoms with E-state index in [2.05, 4.69) is 0 Å². The van der Waals surface area contributed by atoms with Crippen LogP contribution < -0.4 is 5.56 Å². The number of hydrogen-bond donors (Lipinski definition) is 2. The van der Waals surface area contributed by atoms with Crippen molar-refractivity contribution in [3.05, 3.63) is 26.2 Å². The van der Waals surface area contributed by atoms with Gasteiger partial charge in [-0.2, -0.15) is 0 Å². The largest absolute Gasteiger partial charge is 0.507 e. The number of aliphatic hydroxyl groups excluding tert-OH is 1. The molecule has 1 aromatic rings. The van der Waals surface area contributed by atoms with E-state index in [1.807, 2.05) is 22.6 Å². The number of halogens is 1. The fourth-order valence-electron chi connectivity index (χ4n) is 1.71. The van der Waals surface area contributed by atoms with Gasteiger partial charge < -0.3 is 14.9 Å². The first-order chi connectivity index (χ1) is 7.49. The van der Waals surface area contributed by atoms with Crippen molar-refractivity contribution in [3.8, 4) is 5.75 Å². The maximum absolute atomic E-state index is 11.6. The van der Waals surface area contributed by atoms with E-state index >= 15 is 0 Å². The highest BCUT2D eigenvalue weighted by molar-refractivity contribution is 14.1.